The predicted octanol–water partition coefficient (Wildman–Crippen LogP) is 3.74. The third kappa shape index (κ3) is 5.64. The van der Waals surface area contributed by atoms with E-state index in [2.05, 4.69) is 25.1 Å². The summed E-state index contributed by atoms with van der Waals surface area (Å²) in [6.07, 6.45) is -6.34. The Morgan fingerprint density at radius 2 is 1.83 bits per heavy atom. The number of hydrogen-bond donors (Lipinski definition) is 3. The van der Waals surface area contributed by atoms with Crippen LogP contribution in [0.1, 0.15) is 0 Å². The van der Waals surface area contributed by atoms with Crippen LogP contribution < -0.4 is 20.1 Å². The van der Waals surface area contributed by atoms with E-state index in [1.807, 2.05) is 0 Å². The van der Waals surface area contributed by atoms with Crippen LogP contribution >= 0.6 is 11.3 Å². The number of urea groups is 1. The number of aromatic nitrogens is 1. The van der Waals surface area contributed by atoms with E-state index >= 15 is 0 Å². The molecule has 0 fully saturated rings. The maximum atomic E-state index is 12.0. The zero-order valence-electron chi connectivity index (χ0n) is 11.5. The van der Waals surface area contributed by atoms with E-state index in [-0.39, 0.29) is 16.7 Å². The van der Waals surface area contributed by atoms with E-state index in [0.717, 1.165) is 23.5 Å². The lowest BCUT2D eigenvalue weighted by Crippen LogP contribution is -2.19. The second kappa shape index (κ2) is 7.04. The molecule has 0 spiro atoms. The van der Waals surface area contributed by atoms with Crippen molar-refractivity contribution in [2.24, 2.45) is 0 Å². The van der Waals surface area contributed by atoms with Crippen LogP contribution in [0, 0.1) is 0 Å². The summed E-state index contributed by atoms with van der Waals surface area (Å²) in [4.78, 5) is 25.7. The van der Waals surface area contributed by atoms with E-state index in [9.17, 15) is 22.8 Å². The number of halogens is 3. The summed E-state index contributed by atoms with van der Waals surface area (Å²) >= 11 is 0.923. The van der Waals surface area contributed by atoms with Crippen LogP contribution in [0.25, 0.3) is 0 Å². The molecule has 0 unspecified atom stereocenters. The van der Waals surface area contributed by atoms with Gasteiger partial charge in [-0.2, -0.15) is 4.98 Å². The molecule has 2 aromatic rings. The summed E-state index contributed by atoms with van der Waals surface area (Å²) < 4.78 is 44.0. The molecular weight excluding hydrogens is 355 g/mol. The molecule has 0 aliphatic heterocycles. The third-order valence-corrected chi connectivity index (χ3v) is 2.98. The summed E-state index contributed by atoms with van der Waals surface area (Å²) in [7, 11) is 0. The lowest BCUT2D eigenvalue weighted by atomic mass is 10.3. The molecule has 128 valence electrons. The number of hydrogen-bond acceptors (Lipinski definition) is 6. The third-order valence-electron chi connectivity index (χ3n) is 2.24. The zero-order valence-corrected chi connectivity index (χ0v) is 12.3. The fourth-order valence-electron chi connectivity index (χ4n) is 1.45. The smallest absolute Gasteiger partial charge is 0.449 e. The molecular formula is C12H8F3N3O5S. The quantitative estimate of drug-likeness (QED) is 0.714. The van der Waals surface area contributed by atoms with Crippen LogP contribution in [-0.2, 0) is 0 Å². The van der Waals surface area contributed by atoms with Crippen LogP contribution in [0.3, 0.4) is 0 Å². The first-order valence-corrected chi connectivity index (χ1v) is 6.89. The minimum atomic E-state index is -4.80. The molecule has 1 aromatic heterocycles. The van der Waals surface area contributed by atoms with Crippen molar-refractivity contribution in [2.45, 2.75) is 6.36 Å². The maximum absolute atomic E-state index is 12.0. The summed E-state index contributed by atoms with van der Waals surface area (Å²) in [6, 6.07) is 3.76. The molecule has 0 aliphatic rings. The fourth-order valence-corrected chi connectivity index (χ4v) is 2.06. The number of nitrogens with one attached hydrogen (secondary N) is 2. The Hall–Kier alpha value is -3.02. The second-order valence-electron chi connectivity index (χ2n) is 4.01. The predicted molar refractivity (Wildman–Crippen MR) is 76.5 cm³/mol. The Bertz CT molecular complexity index is 732. The number of ether oxygens (including phenoxy) is 2. The van der Waals surface area contributed by atoms with Crippen molar-refractivity contribution < 1.29 is 37.3 Å². The Kier molecular flexibility index (Phi) is 5.08. The van der Waals surface area contributed by atoms with Crippen molar-refractivity contribution in [1.29, 1.82) is 0 Å². The molecule has 0 saturated heterocycles. The van der Waals surface area contributed by atoms with E-state index in [4.69, 9.17) is 5.11 Å². The maximum Gasteiger partial charge on any atom is 0.573 e. The average Bonchev–Trinajstić information content (AvgIpc) is 2.85. The van der Waals surface area contributed by atoms with Crippen LogP contribution in [0.5, 0.6) is 11.6 Å². The Morgan fingerprint density at radius 3 is 2.42 bits per heavy atom. The van der Waals surface area contributed by atoms with Gasteiger partial charge in [-0.3, -0.25) is 5.32 Å². The van der Waals surface area contributed by atoms with Crippen molar-refractivity contribution in [3.63, 3.8) is 0 Å². The molecule has 12 heteroatoms. The number of carbonyl (C=O) groups excluding carboxylic acids is 1. The number of alkyl halides is 3. The van der Waals surface area contributed by atoms with Gasteiger partial charge in [-0.1, -0.05) is 0 Å². The van der Waals surface area contributed by atoms with Gasteiger partial charge in [-0.15, -0.1) is 24.5 Å². The lowest BCUT2D eigenvalue weighted by Gasteiger charge is -2.10. The molecule has 1 heterocycles. The van der Waals surface area contributed by atoms with Gasteiger partial charge in [0.1, 0.15) is 5.75 Å². The van der Waals surface area contributed by atoms with Crippen LogP contribution in [0.15, 0.2) is 29.6 Å². The molecule has 1 aromatic carbocycles. The number of thiazole rings is 1. The van der Waals surface area contributed by atoms with Gasteiger partial charge in [-0.25, -0.2) is 9.59 Å². The monoisotopic (exact) mass is 363 g/mol. The molecule has 0 atom stereocenters. The first-order valence-electron chi connectivity index (χ1n) is 6.01. The van der Waals surface area contributed by atoms with Gasteiger partial charge < -0.3 is 19.9 Å². The highest BCUT2D eigenvalue weighted by molar-refractivity contribution is 7.14. The molecule has 0 saturated carbocycles. The number of anilines is 2. The summed E-state index contributed by atoms with van der Waals surface area (Å²) in [5.41, 5.74) is 0.209. The van der Waals surface area contributed by atoms with E-state index in [0.29, 0.717) is 0 Å². The first-order chi connectivity index (χ1) is 11.2. The summed E-state index contributed by atoms with van der Waals surface area (Å²) in [6.45, 7) is 0. The first kappa shape index (κ1) is 17.3. The highest BCUT2D eigenvalue weighted by Gasteiger charge is 2.30. The SMILES string of the molecule is O=C(Nc1ccc(OC(F)(F)F)cc1)Nc1nc(OC(=O)O)cs1. The topological polar surface area (TPSA) is 110 Å². The number of rotatable bonds is 4. The Labute approximate surface area is 135 Å². The average molecular weight is 363 g/mol. The normalized spacial score (nSPS) is 10.8. The van der Waals surface area contributed by atoms with Crippen LogP contribution in [0.4, 0.5) is 33.6 Å². The molecule has 2 amide bonds. The van der Waals surface area contributed by atoms with E-state index in [1.165, 1.54) is 17.5 Å². The lowest BCUT2D eigenvalue weighted by molar-refractivity contribution is -0.274. The van der Waals surface area contributed by atoms with Crippen molar-refractivity contribution >= 4 is 34.3 Å². The van der Waals surface area contributed by atoms with Crippen molar-refractivity contribution in [2.75, 3.05) is 10.6 Å². The molecule has 3 N–H and O–H groups in total. The minimum Gasteiger partial charge on any atom is -0.449 e. The van der Waals surface area contributed by atoms with Gasteiger partial charge in [0.05, 0.1) is 5.38 Å². The summed E-state index contributed by atoms with van der Waals surface area (Å²) in [5.74, 6) is -0.625. The number of carbonyl (C=O) groups is 2. The largest absolute Gasteiger partial charge is 0.573 e. The van der Waals surface area contributed by atoms with Crippen molar-refractivity contribution in [3.05, 3.63) is 29.6 Å². The standard InChI is InChI=1S/C12H8F3N3O5S/c13-12(14,15)23-7-3-1-6(2-4-7)16-9(19)18-10-17-8(5-24-10)22-11(20)21/h1-5H,(H,20,21)(H2,16,17,18,19). The van der Waals surface area contributed by atoms with Crippen LogP contribution in [-0.4, -0.2) is 28.6 Å². The summed E-state index contributed by atoms with van der Waals surface area (Å²) in [5, 5.41) is 14.4. The molecule has 24 heavy (non-hydrogen) atoms. The molecule has 2 rings (SSSR count). The Morgan fingerprint density at radius 1 is 1.17 bits per heavy atom. The van der Waals surface area contributed by atoms with Gasteiger partial charge in [0.2, 0.25) is 5.88 Å². The molecule has 0 bridgehead atoms. The zero-order chi connectivity index (χ0) is 17.7. The second-order valence-corrected chi connectivity index (χ2v) is 4.87. The highest BCUT2D eigenvalue weighted by atomic mass is 32.1. The number of nitrogens with zero attached hydrogens (tertiary/aromatic N) is 1. The van der Waals surface area contributed by atoms with Gasteiger partial charge in [0.25, 0.3) is 0 Å². The van der Waals surface area contributed by atoms with Gasteiger partial charge in [-0.05, 0) is 24.3 Å². The Balaban J connectivity index is 1.90. The van der Waals surface area contributed by atoms with Gasteiger partial charge >= 0.3 is 18.5 Å². The van der Waals surface area contributed by atoms with E-state index in [1.54, 1.807) is 0 Å². The van der Waals surface area contributed by atoms with Crippen molar-refractivity contribution in [1.82, 2.24) is 4.98 Å². The fraction of sp³-hybridized carbons (Fsp3) is 0.0833. The number of carboxylic acid groups (broad SMARTS) is 1. The number of amides is 2. The molecule has 0 aliphatic carbocycles. The minimum absolute atomic E-state index is 0.0702. The highest BCUT2D eigenvalue weighted by Crippen LogP contribution is 2.24. The molecule has 8 nitrogen and oxygen atoms in total. The van der Waals surface area contributed by atoms with Crippen LogP contribution in [0.2, 0.25) is 0 Å². The molecule has 0 radical (unpaired) electrons. The van der Waals surface area contributed by atoms with E-state index < -0.39 is 24.3 Å². The van der Waals surface area contributed by atoms with Crippen molar-refractivity contribution in [3.8, 4) is 11.6 Å². The van der Waals surface area contributed by atoms with Gasteiger partial charge in [0.15, 0.2) is 5.13 Å². The number of benzene rings is 1. The van der Waals surface area contributed by atoms with Gasteiger partial charge in [0, 0.05) is 5.69 Å².